The van der Waals surface area contributed by atoms with Gasteiger partial charge in [0, 0.05) is 45.8 Å². The molecule has 4 aromatic heterocycles. The number of nitrogens with zero attached hydrogens (tertiary/aromatic N) is 8. The van der Waals surface area contributed by atoms with Gasteiger partial charge in [0.05, 0.1) is 11.3 Å². The van der Waals surface area contributed by atoms with Gasteiger partial charge in [-0.05, 0) is 43.0 Å². The van der Waals surface area contributed by atoms with Crippen molar-refractivity contribution < 1.29 is 14.3 Å². The number of piperidine rings is 1. The van der Waals surface area contributed by atoms with Crippen LogP contribution in [0.2, 0.25) is 0 Å². The van der Waals surface area contributed by atoms with Crippen LogP contribution in [0.5, 0.6) is 0 Å². The first-order valence-corrected chi connectivity index (χ1v) is 12.8. The van der Waals surface area contributed by atoms with Crippen molar-refractivity contribution in [2.45, 2.75) is 12.8 Å². The number of thiophene rings is 1. The van der Waals surface area contributed by atoms with Crippen molar-refractivity contribution >= 4 is 52.4 Å². The average molecular weight is 546 g/mol. The first-order valence-electron chi connectivity index (χ1n) is 12.0. The number of carboxylic acid groups (broad SMARTS) is 1. The molecule has 2 aliphatic heterocycles. The molecule has 12 nitrogen and oxygen atoms in total. The molecule has 37 heavy (non-hydrogen) atoms. The monoisotopic (exact) mass is 545 g/mol. The second kappa shape index (κ2) is 10.5. The van der Waals surface area contributed by atoms with Crippen molar-refractivity contribution in [3.63, 3.8) is 0 Å². The number of hydrogen-bond donors (Lipinski definition) is 2. The lowest BCUT2D eigenvalue weighted by molar-refractivity contribution is 0.0702. The molecule has 1 unspecified atom stereocenters. The van der Waals surface area contributed by atoms with E-state index in [1.54, 1.807) is 24.5 Å². The van der Waals surface area contributed by atoms with Gasteiger partial charge in [0.25, 0.3) is 5.78 Å². The fourth-order valence-corrected chi connectivity index (χ4v) is 5.87. The highest BCUT2D eigenvalue weighted by molar-refractivity contribution is 7.17. The molecule has 0 bridgehead atoms. The lowest BCUT2D eigenvalue weighted by Gasteiger charge is -2.39. The van der Waals surface area contributed by atoms with Gasteiger partial charge in [0.15, 0.2) is 5.76 Å². The lowest BCUT2D eigenvalue weighted by Crippen LogP contribution is -2.49. The van der Waals surface area contributed by atoms with Gasteiger partial charge in [-0.25, -0.2) is 4.79 Å². The highest BCUT2D eigenvalue weighted by Crippen LogP contribution is 2.28. The maximum absolute atomic E-state index is 11.2. The first kappa shape index (κ1) is 25.2. The number of rotatable bonds is 6. The molecule has 196 valence electrons. The Morgan fingerprint density at radius 2 is 1.95 bits per heavy atom. The highest BCUT2D eigenvalue weighted by Gasteiger charge is 2.27. The molecule has 6 rings (SSSR count). The van der Waals surface area contributed by atoms with E-state index in [0.29, 0.717) is 34.1 Å². The summed E-state index contributed by atoms with van der Waals surface area (Å²) in [4.78, 5) is 32.2. The Morgan fingerprint density at radius 1 is 1.11 bits per heavy atom. The maximum Gasteiger partial charge on any atom is 0.345 e. The minimum atomic E-state index is -0.862. The Hall–Kier alpha value is -3.42. The van der Waals surface area contributed by atoms with E-state index in [0.717, 1.165) is 63.7 Å². The van der Waals surface area contributed by atoms with Gasteiger partial charge in [-0.15, -0.1) is 28.8 Å². The van der Waals surface area contributed by atoms with Gasteiger partial charge in [-0.1, -0.05) is 0 Å². The van der Waals surface area contributed by atoms with E-state index in [2.05, 4.69) is 34.8 Å². The van der Waals surface area contributed by atoms with E-state index in [9.17, 15) is 9.90 Å². The van der Waals surface area contributed by atoms with Crippen LogP contribution < -0.4 is 15.5 Å². The molecule has 0 saturated carbocycles. The average Bonchev–Trinajstić information content (AvgIpc) is 3.65. The highest BCUT2D eigenvalue weighted by atomic mass is 35.5. The first-order chi connectivity index (χ1) is 17.5. The number of nitrogens with two attached hydrogens (primary N) is 1. The fourth-order valence-electron chi connectivity index (χ4n) is 4.97. The molecule has 0 radical (unpaired) electrons. The minimum Gasteiger partial charge on any atom is -0.477 e. The summed E-state index contributed by atoms with van der Waals surface area (Å²) in [6.07, 6.45) is 3.80. The SMILES string of the molecule is Cl.Nc1nc(N2CCCC(CN3CCN(c4ccc(C(=O)O)s4)CC3)C2)nc2nc(-c3ccco3)nn12. The Labute approximate surface area is 223 Å². The number of halogens is 1. The van der Waals surface area contributed by atoms with Crippen molar-refractivity contribution in [1.29, 1.82) is 0 Å². The molecule has 14 heteroatoms. The molecule has 2 saturated heterocycles. The number of piperazine rings is 1. The van der Waals surface area contributed by atoms with Crippen molar-refractivity contribution in [3.05, 3.63) is 35.4 Å². The van der Waals surface area contributed by atoms with Crippen LogP contribution in [0.3, 0.4) is 0 Å². The number of fused-ring (bicyclic) bond motifs is 1. The summed E-state index contributed by atoms with van der Waals surface area (Å²) in [6, 6.07) is 7.18. The molecule has 2 aliphatic rings. The smallest absolute Gasteiger partial charge is 0.345 e. The zero-order valence-corrected chi connectivity index (χ0v) is 21.7. The van der Waals surface area contributed by atoms with Crippen LogP contribution in [0.25, 0.3) is 17.4 Å². The molecular formula is C23H28ClN9O3S. The number of aromatic nitrogens is 5. The van der Waals surface area contributed by atoms with Gasteiger partial charge in [-0.3, -0.25) is 4.90 Å². The van der Waals surface area contributed by atoms with Crippen LogP contribution in [0, 0.1) is 5.92 Å². The molecule has 0 spiro atoms. The molecule has 3 N–H and O–H groups in total. The van der Waals surface area contributed by atoms with Crippen molar-refractivity contribution in [2.24, 2.45) is 5.92 Å². The van der Waals surface area contributed by atoms with E-state index in [-0.39, 0.29) is 18.4 Å². The Balaban J connectivity index is 0.00000280. The van der Waals surface area contributed by atoms with Crippen LogP contribution >= 0.6 is 23.7 Å². The number of anilines is 3. The van der Waals surface area contributed by atoms with E-state index in [1.807, 2.05) is 6.07 Å². The number of carbonyl (C=O) groups is 1. The lowest BCUT2D eigenvalue weighted by atomic mass is 9.97. The van der Waals surface area contributed by atoms with Crippen LogP contribution in [-0.4, -0.2) is 86.4 Å². The summed E-state index contributed by atoms with van der Waals surface area (Å²) < 4.78 is 6.84. The summed E-state index contributed by atoms with van der Waals surface area (Å²) in [7, 11) is 0. The van der Waals surface area contributed by atoms with Gasteiger partial charge < -0.3 is 25.1 Å². The normalized spacial score (nSPS) is 18.8. The predicted octanol–water partition coefficient (Wildman–Crippen LogP) is 2.58. The van der Waals surface area contributed by atoms with E-state index >= 15 is 0 Å². The van der Waals surface area contributed by atoms with Crippen molar-refractivity contribution in [3.8, 4) is 11.6 Å². The quantitative estimate of drug-likeness (QED) is 0.369. The third kappa shape index (κ3) is 5.20. The van der Waals surface area contributed by atoms with Gasteiger partial charge >= 0.3 is 5.97 Å². The van der Waals surface area contributed by atoms with E-state index in [1.165, 1.54) is 15.9 Å². The standard InChI is InChI=1S/C23H27N9O3S.ClH/c24-21-26-22(27-23-25-19(28-32(21)23)16-4-2-12-35-16)31-7-1-3-15(14-31)13-29-8-10-30(11-9-29)18-6-5-17(36-18)20(33)34;/h2,4-6,12,15H,1,3,7-11,13-14H2,(H,33,34)(H2,24,25,26,27,28);1H. The number of aromatic carboxylic acids is 1. The molecule has 0 amide bonds. The summed E-state index contributed by atoms with van der Waals surface area (Å²) in [5.74, 6) is 1.86. The van der Waals surface area contributed by atoms with Crippen LogP contribution in [0.1, 0.15) is 22.5 Å². The van der Waals surface area contributed by atoms with Gasteiger partial charge in [-0.2, -0.15) is 19.5 Å². The minimum absolute atomic E-state index is 0. The molecule has 4 aromatic rings. The number of furan rings is 1. The third-order valence-corrected chi connectivity index (χ3v) is 7.90. The zero-order chi connectivity index (χ0) is 24.6. The van der Waals surface area contributed by atoms with Crippen LogP contribution in [0.4, 0.5) is 16.9 Å². The fraction of sp³-hybridized carbons (Fsp3) is 0.435. The number of carboxylic acids is 1. The largest absolute Gasteiger partial charge is 0.477 e. The molecule has 1 atom stereocenters. The van der Waals surface area contributed by atoms with Crippen LogP contribution in [-0.2, 0) is 0 Å². The molecular weight excluding hydrogens is 518 g/mol. The Morgan fingerprint density at radius 3 is 2.68 bits per heavy atom. The second-order valence-electron chi connectivity index (χ2n) is 9.19. The summed E-state index contributed by atoms with van der Waals surface area (Å²) in [5, 5.41) is 14.6. The summed E-state index contributed by atoms with van der Waals surface area (Å²) >= 11 is 1.35. The van der Waals surface area contributed by atoms with Crippen molar-refractivity contribution in [1.82, 2.24) is 29.5 Å². The number of hydrogen-bond acceptors (Lipinski definition) is 11. The maximum atomic E-state index is 11.2. The summed E-state index contributed by atoms with van der Waals surface area (Å²) in [5.41, 5.74) is 6.20. The topological polar surface area (TPSA) is 142 Å². The molecule has 0 aromatic carbocycles. The zero-order valence-electron chi connectivity index (χ0n) is 20.1. The van der Waals surface area contributed by atoms with Crippen molar-refractivity contribution in [2.75, 3.05) is 61.3 Å². The van der Waals surface area contributed by atoms with E-state index < -0.39 is 5.97 Å². The van der Waals surface area contributed by atoms with Gasteiger partial charge in [0.2, 0.25) is 17.7 Å². The molecule has 0 aliphatic carbocycles. The molecule has 6 heterocycles. The van der Waals surface area contributed by atoms with Crippen LogP contribution in [0.15, 0.2) is 34.9 Å². The Bertz CT molecular complexity index is 1370. The predicted molar refractivity (Wildman–Crippen MR) is 143 cm³/mol. The van der Waals surface area contributed by atoms with Gasteiger partial charge in [0.1, 0.15) is 4.88 Å². The second-order valence-corrected chi connectivity index (χ2v) is 10.3. The third-order valence-electron chi connectivity index (χ3n) is 6.77. The summed E-state index contributed by atoms with van der Waals surface area (Å²) in [6.45, 7) is 6.48. The Kier molecular flexibility index (Phi) is 7.17. The number of nitrogen functional groups attached to an aromatic ring is 1. The van der Waals surface area contributed by atoms with E-state index in [4.69, 9.17) is 10.2 Å². The molecule has 2 fully saturated rings.